The van der Waals surface area contributed by atoms with Crippen molar-refractivity contribution in [3.8, 4) is 0 Å². The van der Waals surface area contributed by atoms with Crippen LogP contribution in [0.25, 0.3) is 0 Å². The summed E-state index contributed by atoms with van der Waals surface area (Å²) in [5, 5.41) is 5.55. The summed E-state index contributed by atoms with van der Waals surface area (Å²) in [7, 11) is 0. The summed E-state index contributed by atoms with van der Waals surface area (Å²) in [6.07, 6.45) is 0. The van der Waals surface area contributed by atoms with Gasteiger partial charge < -0.3 is 4.84 Å². The molecule has 0 atom stereocenters. The minimum Gasteiger partial charge on any atom is -0.396 e. The summed E-state index contributed by atoms with van der Waals surface area (Å²) in [6.45, 7) is 2.41. The molecule has 0 unspecified atom stereocenters. The van der Waals surface area contributed by atoms with E-state index in [0.29, 0.717) is 16.7 Å². The largest absolute Gasteiger partial charge is 0.396 e. The fraction of sp³-hybridized carbons (Fsp3) is 0.133. The molecule has 0 heterocycles. The summed E-state index contributed by atoms with van der Waals surface area (Å²) in [4.78, 5) is 5.19. The van der Waals surface area contributed by atoms with Crippen molar-refractivity contribution in [3.05, 3.63) is 69.7 Å². The molecule has 0 saturated heterocycles. The number of nitrogens with zero attached hydrogens (tertiary/aromatic N) is 1. The molecule has 0 aliphatic heterocycles. The standard InChI is InChI=1S/C15H13Cl2NO/c1-2-19-18-15(11-3-7-13(16)8-4-11)12-5-9-14(17)10-6-12/h3-10H,2H2,1H3. The average Bonchev–Trinajstić information content (AvgIpc) is 2.43. The number of hydrogen-bond donors (Lipinski definition) is 0. The summed E-state index contributed by atoms with van der Waals surface area (Å²) < 4.78 is 0. The fourth-order valence-corrected chi connectivity index (χ4v) is 1.87. The second-order valence-corrected chi connectivity index (χ2v) is 4.74. The first-order valence-corrected chi connectivity index (χ1v) is 6.68. The molecule has 2 rings (SSSR count). The smallest absolute Gasteiger partial charge is 0.117 e. The molecular weight excluding hydrogens is 281 g/mol. The summed E-state index contributed by atoms with van der Waals surface area (Å²) >= 11 is 11.8. The van der Waals surface area contributed by atoms with Gasteiger partial charge in [0.05, 0.1) is 0 Å². The number of rotatable bonds is 4. The Labute approximate surface area is 122 Å². The lowest BCUT2D eigenvalue weighted by molar-refractivity contribution is 0.159. The second kappa shape index (κ2) is 6.60. The number of halogens is 2. The van der Waals surface area contributed by atoms with Crippen molar-refractivity contribution in [2.24, 2.45) is 5.16 Å². The van der Waals surface area contributed by atoms with Crippen molar-refractivity contribution >= 4 is 28.9 Å². The first-order valence-electron chi connectivity index (χ1n) is 5.92. The van der Waals surface area contributed by atoms with Crippen molar-refractivity contribution < 1.29 is 4.84 Å². The zero-order valence-electron chi connectivity index (χ0n) is 10.4. The predicted molar refractivity (Wildman–Crippen MR) is 80.2 cm³/mol. The van der Waals surface area contributed by atoms with Crippen molar-refractivity contribution in [1.82, 2.24) is 0 Å². The number of oxime groups is 1. The first-order chi connectivity index (χ1) is 9.20. The van der Waals surface area contributed by atoms with E-state index in [2.05, 4.69) is 5.16 Å². The second-order valence-electron chi connectivity index (χ2n) is 3.87. The molecule has 0 amide bonds. The SMILES string of the molecule is CCON=C(c1ccc(Cl)cc1)c1ccc(Cl)cc1. The van der Waals surface area contributed by atoms with Crippen LogP contribution >= 0.6 is 23.2 Å². The summed E-state index contributed by atoms with van der Waals surface area (Å²) in [5.41, 5.74) is 2.65. The van der Waals surface area contributed by atoms with Crippen molar-refractivity contribution in [2.45, 2.75) is 6.92 Å². The van der Waals surface area contributed by atoms with Gasteiger partial charge in [0, 0.05) is 21.2 Å². The Morgan fingerprint density at radius 3 is 1.68 bits per heavy atom. The zero-order valence-corrected chi connectivity index (χ0v) is 11.9. The molecule has 0 aromatic heterocycles. The maximum atomic E-state index is 5.90. The third-order valence-electron chi connectivity index (χ3n) is 2.52. The van der Waals surface area contributed by atoms with Crippen LogP contribution < -0.4 is 0 Å². The zero-order chi connectivity index (χ0) is 13.7. The van der Waals surface area contributed by atoms with Gasteiger partial charge in [-0.3, -0.25) is 0 Å². The molecule has 4 heteroatoms. The lowest BCUT2D eigenvalue weighted by Gasteiger charge is -2.07. The van der Waals surface area contributed by atoms with Gasteiger partial charge in [0.25, 0.3) is 0 Å². The van der Waals surface area contributed by atoms with Crippen LogP contribution in [0.15, 0.2) is 53.7 Å². The molecule has 0 spiro atoms. The van der Waals surface area contributed by atoms with Gasteiger partial charge in [-0.15, -0.1) is 0 Å². The van der Waals surface area contributed by atoms with E-state index in [4.69, 9.17) is 28.0 Å². The van der Waals surface area contributed by atoms with E-state index >= 15 is 0 Å². The molecule has 2 aromatic carbocycles. The molecule has 98 valence electrons. The van der Waals surface area contributed by atoms with E-state index in [9.17, 15) is 0 Å². The van der Waals surface area contributed by atoms with E-state index < -0.39 is 0 Å². The quantitative estimate of drug-likeness (QED) is 0.587. The monoisotopic (exact) mass is 293 g/mol. The molecule has 0 radical (unpaired) electrons. The maximum absolute atomic E-state index is 5.90. The highest BCUT2D eigenvalue weighted by molar-refractivity contribution is 6.31. The van der Waals surface area contributed by atoms with Gasteiger partial charge in [-0.1, -0.05) is 52.6 Å². The van der Waals surface area contributed by atoms with Crippen LogP contribution in [0.1, 0.15) is 18.1 Å². The maximum Gasteiger partial charge on any atom is 0.117 e. The van der Waals surface area contributed by atoms with Gasteiger partial charge in [-0.25, -0.2) is 0 Å². The fourth-order valence-electron chi connectivity index (χ4n) is 1.62. The molecule has 0 aliphatic carbocycles. The van der Waals surface area contributed by atoms with Gasteiger partial charge in [-0.05, 0) is 31.2 Å². The normalized spacial score (nSPS) is 10.1. The van der Waals surface area contributed by atoms with Crippen LogP contribution in [-0.4, -0.2) is 12.3 Å². The van der Waals surface area contributed by atoms with E-state index in [-0.39, 0.29) is 0 Å². The number of benzene rings is 2. The Balaban J connectivity index is 2.41. The summed E-state index contributed by atoms with van der Waals surface area (Å²) in [5.74, 6) is 0. The lowest BCUT2D eigenvalue weighted by Crippen LogP contribution is -2.04. The molecule has 0 saturated carbocycles. The molecule has 0 N–H and O–H groups in total. The van der Waals surface area contributed by atoms with Gasteiger partial charge in [0.1, 0.15) is 12.3 Å². The molecule has 0 aliphatic rings. The Morgan fingerprint density at radius 1 is 0.895 bits per heavy atom. The van der Waals surface area contributed by atoms with E-state index in [0.717, 1.165) is 16.8 Å². The van der Waals surface area contributed by atoms with Crippen molar-refractivity contribution in [1.29, 1.82) is 0 Å². The highest BCUT2D eigenvalue weighted by Gasteiger charge is 2.08. The van der Waals surface area contributed by atoms with E-state index in [1.807, 2.05) is 55.5 Å². The van der Waals surface area contributed by atoms with Crippen LogP contribution in [-0.2, 0) is 4.84 Å². The third kappa shape index (κ3) is 3.72. The predicted octanol–water partition coefficient (Wildman–Crippen LogP) is 4.78. The molecule has 19 heavy (non-hydrogen) atoms. The lowest BCUT2D eigenvalue weighted by atomic mass is 10.0. The Hall–Kier alpha value is -1.51. The van der Waals surface area contributed by atoms with Gasteiger partial charge in [0.15, 0.2) is 0 Å². The topological polar surface area (TPSA) is 21.6 Å². The van der Waals surface area contributed by atoms with Gasteiger partial charge >= 0.3 is 0 Å². The third-order valence-corrected chi connectivity index (χ3v) is 3.02. The first kappa shape index (κ1) is 13.9. The van der Waals surface area contributed by atoms with Gasteiger partial charge in [-0.2, -0.15) is 0 Å². The Kier molecular flexibility index (Phi) is 4.83. The highest BCUT2D eigenvalue weighted by atomic mass is 35.5. The van der Waals surface area contributed by atoms with Crippen LogP contribution in [0, 0.1) is 0 Å². The summed E-state index contributed by atoms with van der Waals surface area (Å²) in [6, 6.07) is 15.0. The van der Waals surface area contributed by atoms with Crippen LogP contribution in [0.2, 0.25) is 10.0 Å². The Morgan fingerprint density at radius 2 is 1.32 bits per heavy atom. The van der Waals surface area contributed by atoms with E-state index in [1.165, 1.54) is 0 Å². The number of hydrogen-bond acceptors (Lipinski definition) is 2. The van der Waals surface area contributed by atoms with Crippen molar-refractivity contribution in [2.75, 3.05) is 6.61 Å². The molecule has 2 nitrogen and oxygen atoms in total. The van der Waals surface area contributed by atoms with Crippen LogP contribution in [0.4, 0.5) is 0 Å². The van der Waals surface area contributed by atoms with Crippen molar-refractivity contribution in [3.63, 3.8) is 0 Å². The average molecular weight is 294 g/mol. The molecular formula is C15H13Cl2NO. The van der Waals surface area contributed by atoms with Crippen LogP contribution in [0.3, 0.4) is 0 Å². The van der Waals surface area contributed by atoms with Crippen LogP contribution in [0.5, 0.6) is 0 Å². The van der Waals surface area contributed by atoms with E-state index in [1.54, 1.807) is 0 Å². The minimum atomic E-state index is 0.519. The minimum absolute atomic E-state index is 0.519. The Bertz CT molecular complexity index is 514. The van der Waals surface area contributed by atoms with Gasteiger partial charge in [0.2, 0.25) is 0 Å². The molecule has 0 bridgehead atoms. The highest BCUT2D eigenvalue weighted by Crippen LogP contribution is 2.17. The molecule has 0 fully saturated rings. The molecule has 2 aromatic rings.